The van der Waals surface area contributed by atoms with Crippen LogP contribution in [0.25, 0.3) is 6.08 Å². The molecule has 0 unspecified atom stereocenters. The molecule has 2 aromatic carbocycles. The van der Waals surface area contributed by atoms with E-state index in [1.807, 2.05) is 19.1 Å². The van der Waals surface area contributed by atoms with Crippen LogP contribution in [0.3, 0.4) is 0 Å². The summed E-state index contributed by atoms with van der Waals surface area (Å²) in [5, 5.41) is 14.6. The van der Waals surface area contributed by atoms with Gasteiger partial charge in [0.15, 0.2) is 0 Å². The van der Waals surface area contributed by atoms with E-state index in [1.165, 1.54) is 0 Å². The number of aliphatic hydroxyl groups excluding tert-OH is 1. The number of aryl methyl sites for hydroxylation is 1. The fourth-order valence-corrected chi connectivity index (χ4v) is 2.17. The summed E-state index contributed by atoms with van der Waals surface area (Å²) < 4.78 is 0. The Bertz CT molecular complexity index is 768. The van der Waals surface area contributed by atoms with E-state index >= 15 is 0 Å². The monoisotopic (exact) mass is 358 g/mol. The molecular formula is C19H19ClN2O3. The van der Waals surface area contributed by atoms with Crippen molar-refractivity contribution in [3.63, 3.8) is 0 Å². The quantitative estimate of drug-likeness (QED) is 0.694. The third-order valence-electron chi connectivity index (χ3n) is 3.38. The summed E-state index contributed by atoms with van der Waals surface area (Å²) in [6, 6.07) is 13.9. The van der Waals surface area contributed by atoms with E-state index in [0.29, 0.717) is 16.1 Å². The fourth-order valence-electron chi connectivity index (χ4n) is 2.05. The highest BCUT2D eigenvalue weighted by atomic mass is 35.5. The average Bonchev–Trinajstić information content (AvgIpc) is 2.61. The molecule has 0 saturated heterocycles. The minimum atomic E-state index is -0.482. The topological polar surface area (TPSA) is 78.4 Å². The molecule has 0 atom stereocenters. The number of aliphatic hydroxyl groups is 1. The zero-order valence-electron chi connectivity index (χ0n) is 13.8. The van der Waals surface area contributed by atoms with Gasteiger partial charge in [-0.3, -0.25) is 9.59 Å². The van der Waals surface area contributed by atoms with Crippen LogP contribution in [0.5, 0.6) is 0 Å². The molecule has 0 fully saturated rings. The van der Waals surface area contributed by atoms with Gasteiger partial charge in [-0.15, -0.1) is 0 Å². The third kappa shape index (κ3) is 5.74. The van der Waals surface area contributed by atoms with E-state index < -0.39 is 5.91 Å². The van der Waals surface area contributed by atoms with Crippen LogP contribution in [0.1, 0.15) is 21.5 Å². The Balaban J connectivity index is 2.24. The molecular weight excluding hydrogens is 340 g/mol. The molecule has 0 aliphatic carbocycles. The number of carbonyl (C=O) groups is 2. The molecule has 2 amide bonds. The van der Waals surface area contributed by atoms with Gasteiger partial charge in [0, 0.05) is 17.1 Å². The Morgan fingerprint density at radius 1 is 1.08 bits per heavy atom. The lowest BCUT2D eigenvalue weighted by atomic mass is 10.1. The zero-order chi connectivity index (χ0) is 18.2. The molecule has 2 aromatic rings. The Morgan fingerprint density at radius 2 is 1.72 bits per heavy atom. The highest BCUT2D eigenvalue weighted by Gasteiger charge is 2.14. The highest BCUT2D eigenvalue weighted by Crippen LogP contribution is 2.12. The van der Waals surface area contributed by atoms with Crippen molar-refractivity contribution in [1.29, 1.82) is 0 Å². The number of hydrogen-bond acceptors (Lipinski definition) is 3. The van der Waals surface area contributed by atoms with Crippen LogP contribution < -0.4 is 10.6 Å². The van der Waals surface area contributed by atoms with E-state index in [0.717, 1.165) is 5.56 Å². The maximum atomic E-state index is 12.4. The number of carbonyl (C=O) groups excluding carboxylic acids is 2. The number of hydrogen-bond donors (Lipinski definition) is 3. The van der Waals surface area contributed by atoms with E-state index in [1.54, 1.807) is 42.5 Å². The van der Waals surface area contributed by atoms with Crippen LogP contribution in [-0.2, 0) is 4.79 Å². The van der Waals surface area contributed by atoms with Gasteiger partial charge in [-0.1, -0.05) is 41.4 Å². The third-order valence-corrected chi connectivity index (χ3v) is 3.64. The molecule has 0 saturated carbocycles. The van der Waals surface area contributed by atoms with Crippen LogP contribution in [0.15, 0.2) is 54.2 Å². The Kier molecular flexibility index (Phi) is 6.74. The highest BCUT2D eigenvalue weighted by molar-refractivity contribution is 6.30. The zero-order valence-corrected chi connectivity index (χ0v) is 14.5. The molecule has 0 bridgehead atoms. The summed E-state index contributed by atoms with van der Waals surface area (Å²) in [5.41, 5.74) is 2.28. The number of nitrogens with one attached hydrogen (secondary N) is 2. The van der Waals surface area contributed by atoms with Crippen molar-refractivity contribution >= 4 is 29.5 Å². The van der Waals surface area contributed by atoms with Crippen molar-refractivity contribution in [3.8, 4) is 0 Å². The first-order chi connectivity index (χ1) is 12.0. The van der Waals surface area contributed by atoms with Crippen molar-refractivity contribution < 1.29 is 14.7 Å². The predicted molar refractivity (Wildman–Crippen MR) is 98.2 cm³/mol. The molecule has 0 aromatic heterocycles. The van der Waals surface area contributed by atoms with Crippen LogP contribution in [-0.4, -0.2) is 30.1 Å². The van der Waals surface area contributed by atoms with E-state index in [4.69, 9.17) is 16.7 Å². The van der Waals surface area contributed by atoms with Crippen LogP contribution in [0.4, 0.5) is 0 Å². The first kappa shape index (κ1) is 18.7. The molecule has 3 N–H and O–H groups in total. The van der Waals surface area contributed by atoms with Gasteiger partial charge in [-0.25, -0.2) is 0 Å². The fraction of sp³-hybridized carbons (Fsp3) is 0.158. The summed E-state index contributed by atoms with van der Waals surface area (Å²) in [6.07, 6.45) is 1.55. The van der Waals surface area contributed by atoms with Crippen molar-refractivity contribution in [3.05, 3.63) is 75.9 Å². The molecule has 25 heavy (non-hydrogen) atoms. The first-order valence-electron chi connectivity index (χ1n) is 7.74. The van der Waals surface area contributed by atoms with Crippen molar-refractivity contribution in [2.75, 3.05) is 13.2 Å². The molecule has 6 heteroatoms. The minimum absolute atomic E-state index is 0.0846. The van der Waals surface area contributed by atoms with E-state index in [2.05, 4.69) is 10.6 Å². The second-order valence-electron chi connectivity index (χ2n) is 5.41. The van der Waals surface area contributed by atoms with Crippen LogP contribution >= 0.6 is 11.6 Å². The predicted octanol–water partition coefficient (Wildman–Crippen LogP) is 2.53. The lowest BCUT2D eigenvalue weighted by Crippen LogP contribution is -2.36. The Hall–Kier alpha value is -2.63. The van der Waals surface area contributed by atoms with Crippen molar-refractivity contribution in [1.82, 2.24) is 10.6 Å². The summed E-state index contributed by atoms with van der Waals surface area (Å²) in [6.45, 7) is 1.83. The lowest BCUT2D eigenvalue weighted by Gasteiger charge is -2.11. The van der Waals surface area contributed by atoms with Gasteiger partial charge in [-0.05, 0) is 42.8 Å². The number of halogens is 1. The van der Waals surface area contributed by atoms with E-state index in [9.17, 15) is 9.59 Å². The number of benzene rings is 2. The molecule has 5 nitrogen and oxygen atoms in total. The summed E-state index contributed by atoms with van der Waals surface area (Å²) in [4.78, 5) is 24.6. The lowest BCUT2D eigenvalue weighted by molar-refractivity contribution is -0.117. The summed E-state index contributed by atoms with van der Waals surface area (Å²) in [7, 11) is 0. The van der Waals surface area contributed by atoms with Gasteiger partial charge >= 0.3 is 0 Å². The standard InChI is InChI=1S/C19H19ClN2O3/c1-13-2-6-15(7-3-13)18(24)22-17(19(25)21-10-11-23)12-14-4-8-16(20)9-5-14/h2-9,12,23H,10-11H2,1H3,(H,21,25)(H,22,24). The van der Waals surface area contributed by atoms with Gasteiger partial charge in [0.2, 0.25) is 0 Å². The van der Waals surface area contributed by atoms with Gasteiger partial charge < -0.3 is 15.7 Å². The van der Waals surface area contributed by atoms with E-state index in [-0.39, 0.29) is 24.8 Å². The van der Waals surface area contributed by atoms with Gasteiger partial charge in [0.1, 0.15) is 5.70 Å². The van der Waals surface area contributed by atoms with Crippen molar-refractivity contribution in [2.45, 2.75) is 6.92 Å². The molecule has 0 aliphatic heterocycles. The molecule has 130 valence electrons. The first-order valence-corrected chi connectivity index (χ1v) is 8.12. The summed E-state index contributed by atoms with van der Waals surface area (Å²) in [5.74, 6) is -0.871. The molecule has 2 rings (SSSR count). The Labute approximate surface area is 151 Å². The smallest absolute Gasteiger partial charge is 0.267 e. The van der Waals surface area contributed by atoms with Gasteiger partial charge in [-0.2, -0.15) is 0 Å². The number of amides is 2. The van der Waals surface area contributed by atoms with Gasteiger partial charge in [0.25, 0.3) is 11.8 Å². The maximum Gasteiger partial charge on any atom is 0.267 e. The molecule has 0 heterocycles. The summed E-state index contributed by atoms with van der Waals surface area (Å²) >= 11 is 5.86. The Morgan fingerprint density at radius 3 is 2.32 bits per heavy atom. The maximum absolute atomic E-state index is 12.4. The second-order valence-corrected chi connectivity index (χ2v) is 5.85. The SMILES string of the molecule is Cc1ccc(C(=O)NC(=Cc2ccc(Cl)cc2)C(=O)NCCO)cc1. The normalized spacial score (nSPS) is 11.1. The largest absolute Gasteiger partial charge is 0.395 e. The molecule has 0 aliphatic rings. The molecule has 0 spiro atoms. The van der Waals surface area contributed by atoms with Gasteiger partial charge in [0.05, 0.1) is 6.61 Å². The minimum Gasteiger partial charge on any atom is -0.395 e. The average molecular weight is 359 g/mol. The number of rotatable bonds is 6. The van der Waals surface area contributed by atoms with Crippen LogP contribution in [0.2, 0.25) is 5.02 Å². The molecule has 0 radical (unpaired) electrons. The van der Waals surface area contributed by atoms with Crippen molar-refractivity contribution in [2.24, 2.45) is 0 Å². The second kappa shape index (κ2) is 9.01. The van der Waals surface area contributed by atoms with Crippen LogP contribution in [0, 0.1) is 6.92 Å².